The number of nitrogens with one attached hydrogen (secondary N) is 1. The van der Waals surface area contributed by atoms with Gasteiger partial charge in [0.2, 0.25) is 0 Å². The van der Waals surface area contributed by atoms with Crippen molar-refractivity contribution in [2.45, 2.75) is 16.7 Å². The van der Waals surface area contributed by atoms with E-state index in [0.717, 1.165) is 24.3 Å². The van der Waals surface area contributed by atoms with Crippen LogP contribution in [0.2, 0.25) is 0 Å². The van der Waals surface area contributed by atoms with E-state index in [1.54, 1.807) is 13.0 Å². The molecule has 6 N–H and O–H groups in total. The van der Waals surface area contributed by atoms with Crippen LogP contribution < -0.4 is 11.1 Å². The minimum absolute atomic E-state index is 0. The van der Waals surface area contributed by atoms with Crippen LogP contribution in [0.25, 0.3) is 10.8 Å². The fourth-order valence-electron chi connectivity index (χ4n) is 2.97. The third kappa shape index (κ3) is 6.23. The standard InChI is InChI=1S/C18H16N2O8S2.2Na/c1-9-4-11(19)2-3-14(9)18(22)20-15-7-12(29(23,24)25)5-10-6-13(30(26,27)28)8-16(21)17(10)15;;/h2-8,21H,19H2,1H3,(H,20,22)(H,23,24,25)(H,26,27,28);;. The predicted molar refractivity (Wildman–Crippen MR) is 120 cm³/mol. The minimum atomic E-state index is -4.75. The Labute approximate surface area is 228 Å². The van der Waals surface area contributed by atoms with Gasteiger partial charge >= 0.3 is 0 Å². The van der Waals surface area contributed by atoms with Crippen molar-refractivity contribution in [3.8, 4) is 5.75 Å². The smallest absolute Gasteiger partial charge is 0.294 e. The molecule has 3 aromatic carbocycles. The van der Waals surface area contributed by atoms with Crippen molar-refractivity contribution < 1.29 is 35.8 Å². The monoisotopic (exact) mass is 498 g/mol. The summed E-state index contributed by atoms with van der Waals surface area (Å²) in [6, 6.07) is 7.93. The van der Waals surface area contributed by atoms with Crippen LogP contribution in [-0.4, -0.2) is 96.1 Å². The Bertz CT molecular complexity index is 1420. The maximum atomic E-state index is 12.7. The molecule has 2 radical (unpaired) electrons. The number of nitrogen functional groups attached to an aromatic ring is 1. The molecule has 10 nitrogen and oxygen atoms in total. The summed E-state index contributed by atoms with van der Waals surface area (Å²) in [5.41, 5.74) is 6.62. The van der Waals surface area contributed by atoms with E-state index in [1.165, 1.54) is 12.1 Å². The zero-order valence-electron chi connectivity index (χ0n) is 17.3. The molecule has 0 bridgehead atoms. The van der Waals surface area contributed by atoms with E-state index in [9.17, 15) is 35.8 Å². The summed E-state index contributed by atoms with van der Waals surface area (Å²) in [4.78, 5) is 11.3. The SMILES string of the molecule is Cc1cc(N)ccc1C(=O)Nc1cc(S(=O)(=O)O)cc2cc(S(=O)(=O)O)cc(O)c12.[Na].[Na]. The van der Waals surface area contributed by atoms with Crippen LogP contribution in [0, 0.1) is 6.92 Å². The van der Waals surface area contributed by atoms with Gasteiger partial charge < -0.3 is 16.2 Å². The number of phenols is 1. The van der Waals surface area contributed by atoms with E-state index in [1.807, 2.05) is 0 Å². The fourth-order valence-corrected chi connectivity index (χ4v) is 4.05. The third-order valence-electron chi connectivity index (χ3n) is 4.31. The Balaban J connectivity index is 0.00000256. The second-order valence-corrected chi connectivity index (χ2v) is 9.33. The van der Waals surface area contributed by atoms with Gasteiger partial charge in [-0.15, -0.1) is 0 Å². The Morgan fingerprint density at radius 1 is 0.906 bits per heavy atom. The Morgan fingerprint density at radius 3 is 1.94 bits per heavy atom. The topological polar surface area (TPSA) is 184 Å². The number of amides is 1. The molecule has 3 aromatic rings. The first-order valence-electron chi connectivity index (χ1n) is 8.20. The molecule has 3 rings (SSSR count). The van der Waals surface area contributed by atoms with Gasteiger partial charge in [0.25, 0.3) is 26.1 Å². The molecule has 0 heterocycles. The number of anilines is 2. The second-order valence-electron chi connectivity index (χ2n) is 6.49. The zero-order chi connectivity index (χ0) is 22.4. The van der Waals surface area contributed by atoms with Crippen LogP contribution in [-0.2, 0) is 20.2 Å². The maximum Gasteiger partial charge on any atom is 0.294 e. The van der Waals surface area contributed by atoms with E-state index in [4.69, 9.17) is 5.73 Å². The largest absolute Gasteiger partial charge is 0.507 e. The Hall–Kier alpha value is -1.19. The summed E-state index contributed by atoms with van der Waals surface area (Å²) in [6.45, 7) is 1.63. The average Bonchev–Trinajstić information content (AvgIpc) is 2.59. The number of rotatable bonds is 4. The number of aryl methyl sites for hydroxylation is 1. The van der Waals surface area contributed by atoms with Crippen LogP contribution in [0.15, 0.2) is 52.3 Å². The molecule has 0 spiro atoms. The number of hydrogen-bond acceptors (Lipinski definition) is 7. The second kappa shape index (κ2) is 10.4. The van der Waals surface area contributed by atoms with Crippen molar-refractivity contribution in [3.05, 3.63) is 53.6 Å². The van der Waals surface area contributed by atoms with E-state index in [0.29, 0.717) is 11.3 Å². The number of benzene rings is 3. The minimum Gasteiger partial charge on any atom is -0.507 e. The van der Waals surface area contributed by atoms with E-state index < -0.39 is 41.7 Å². The van der Waals surface area contributed by atoms with Gasteiger partial charge in [-0.05, 0) is 54.3 Å². The zero-order valence-corrected chi connectivity index (χ0v) is 23.0. The van der Waals surface area contributed by atoms with Crippen molar-refractivity contribution >= 4 is 107 Å². The van der Waals surface area contributed by atoms with Crippen molar-refractivity contribution in [2.75, 3.05) is 11.1 Å². The molecule has 32 heavy (non-hydrogen) atoms. The summed E-state index contributed by atoms with van der Waals surface area (Å²) in [5, 5.41) is 12.5. The van der Waals surface area contributed by atoms with Gasteiger partial charge in [-0.25, -0.2) is 0 Å². The quantitative estimate of drug-likeness (QED) is 0.202. The predicted octanol–water partition coefficient (Wildman–Crippen LogP) is 1.42. The number of fused-ring (bicyclic) bond motifs is 1. The number of nitrogens with two attached hydrogens (primary N) is 1. The van der Waals surface area contributed by atoms with Crippen LogP contribution >= 0.6 is 0 Å². The Kier molecular flexibility index (Phi) is 9.36. The van der Waals surface area contributed by atoms with Crippen molar-refractivity contribution in [3.63, 3.8) is 0 Å². The number of hydrogen-bond donors (Lipinski definition) is 5. The molecule has 0 aliphatic carbocycles. The molecule has 0 aliphatic heterocycles. The van der Waals surface area contributed by atoms with Gasteiger partial charge in [-0.3, -0.25) is 13.9 Å². The summed E-state index contributed by atoms with van der Waals surface area (Å²) in [7, 11) is -9.48. The van der Waals surface area contributed by atoms with E-state index in [2.05, 4.69) is 5.32 Å². The molecule has 0 aliphatic rings. The molecule has 0 aromatic heterocycles. The van der Waals surface area contributed by atoms with Crippen LogP contribution in [0.1, 0.15) is 15.9 Å². The van der Waals surface area contributed by atoms with Gasteiger partial charge in [0, 0.05) is 81.8 Å². The third-order valence-corrected chi connectivity index (χ3v) is 5.98. The first kappa shape index (κ1) is 28.8. The molecule has 0 saturated carbocycles. The van der Waals surface area contributed by atoms with E-state index in [-0.39, 0.29) is 81.1 Å². The summed E-state index contributed by atoms with van der Waals surface area (Å²) in [6.07, 6.45) is 0. The number of aromatic hydroxyl groups is 1. The van der Waals surface area contributed by atoms with Gasteiger partial charge in [0.15, 0.2) is 0 Å². The first-order valence-corrected chi connectivity index (χ1v) is 11.1. The van der Waals surface area contributed by atoms with Crippen molar-refractivity contribution in [1.82, 2.24) is 0 Å². The van der Waals surface area contributed by atoms with Crippen LogP contribution in [0.3, 0.4) is 0 Å². The number of phenolic OH excluding ortho intramolecular Hbond substituents is 1. The Morgan fingerprint density at radius 2 is 1.44 bits per heavy atom. The first-order chi connectivity index (χ1) is 13.8. The molecular weight excluding hydrogens is 482 g/mol. The average molecular weight is 498 g/mol. The summed E-state index contributed by atoms with van der Waals surface area (Å²) < 4.78 is 64.8. The van der Waals surface area contributed by atoms with Gasteiger partial charge in [-0.1, -0.05) is 0 Å². The van der Waals surface area contributed by atoms with Crippen LogP contribution in [0.4, 0.5) is 11.4 Å². The molecular formula is C18H16N2Na2O8S2. The molecule has 1 amide bonds. The summed E-state index contributed by atoms with van der Waals surface area (Å²) in [5.74, 6) is -1.31. The molecule has 160 valence electrons. The van der Waals surface area contributed by atoms with Crippen molar-refractivity contribution in [1.29, 1.82) is 0 Å². The van der Waals surface area contributed by atoms with Crippen molar-refractivity contribution in [2.24, 2.45) is 0 Å². The molecule has 14 heteroatoms. The number of carbonyl (C=O) groups excluding carboxylic acids is 1. The van der Waals surface area contributed by atoms with Gasteiger partial charge in [0.05, 0.1) is 15.5 Å². The molecule has 0 unspecified atom stereocenters. The normalized spacial score (nSPS) is 11.3. The van der Waals surface area contributed by atoms with Gasteiger partial charge in [0.1, 0.15) is 5.75 Å². The summed E-state index contributed by atoms with van der Waals surface area (Å²) >= 11 is 0. The fraction of sp³-hybridized carbons (Fsp3) is 0.0556. The van der Waals surface area contributed by atoms with Crippen LogP contribution in [0.5, 0.6) is 5.75 Å². The van der Waals surface area contributed by atoms with Gasteiger partial charge in [-0.2, -0.15) is 16.8 Å². The molecule has 0 atom stereocenters. The maximum absolute atomic E-state index is 12.7. The van der Waals surface area contributed by atoms with E-state index >= 15 is 0 Å². The number of carbonyl (C=O) groups is 1. The molecule has 0 fully saturated rings. The molecule has 0 saturated heterocycles.